The van der Waals surface area contributed by atoms with Gasteiger partial charge < -0.3 is 10.2 Å². The van der Waals surface area contributed by atoms with E-state index in [4.69, 9.17) is 21.6 Å². The van der Waals surface area contributed by atoms with Gasteiger partial charge in [0.25, 0.3) is 18.3 Å². The van der Waals surface area contributed by atoms with Gasteiger partial charge in [-0.15, -0.1) is 0 Å². The molecule has 3 atom stereocenters. The number of alkyl halides is 6. The molecule has 3 aliphatic rings. The molecule has 4 aromatic heterocycles. The number of amides is 1. The first-order valence-electron chi connectivity index (χ1n) is 19.9. The normalized spacial score (nSPS) is 18.1. The zero-order valence-electron chi connectivity index (χ0n) is 34.5. The Balaban J connectivity index is 1.20. The molecule has 1 fully saturated rings. The largest absolute Gasteiger partial charge is 0.344 e. The maximum absolute atomic E-state index is 15.6. The quantitative estimate of drug-likeness (QED) is 0.111. The summed E-state index contributed by atoms with van der Waals surface area (Å²) < 4.78 is 148. The van der Waals surface area contributed by atoms with E-state index in [0.717, 1.165) is 30.0 Å². The molecule has 2 N–H and O–H groups in total. The molecular formula is C41H36ClF8N11O3S. The zero-order chi connectivity index (χ0) is 46.7. The van der Waals surface area contributed by atoms with Gasteiger partial charge in [-0.2, -0.15) is 24.1 Å². The number of anilines is 2. The molecule has 342 valence electrons. The van der Waals surface area contributed by atoms with E-state index in [1.807, 2.05) is 0 Å². The Hall–Kier alpha value is -6.10. The summed E-state index contributed by atoms with van der Waals surface area (Å²) in [5.41, 5.74) is -0.168. The Morgan fingerprint density at radius 2 is 1.75 bits per heavy atom. The number of nitrogens with one attached hydrogen (secondary N) is 2. The fraction of sp³-hybridized carbons (Fsp3) is 0.366. The van der Waals surface area contributed by atoms with E-state index in [-0.39, 0.29) is 74.6 Å². The van der Waals surface area contributed by atoms with E-state index in [9.17, 15) is 39.6 Å². The van der Waals surface area contributed by atoms with Crippen LogP contribution in [0.25, 0.3) is 22.3 Å². The molecule has 1 amide bonds. The lowest BCUT2D eigenvalue weighted by Crippen LogP contribution is -2.51. The van der Waals surface area contributed by atoms with Crippen LogP contribution < -0.4 is 14.9 Å². The minimum absolute atomic E-state index is 0.00385. The molecule has 0 unspecified atom stereocenters. The number of aryl methyl sites for hydroxylation is 2. The van der Waals surface area contributed by atoms with Gasteiger partial charge in [0.05, 0.1) is 57.5 Å². The van der Waals surface area contributed by atoms with Crippen LogP contribution in [0.3, 0.4) is 0 Å². The Kier molecular flexibility index (Phi) is 10.5. The van der Waals surface area contributed by atoms with Crippen molar-refractivity contribution in [2.45, 2.75) is 76.6 Å². The van der Waals surface area contributed by atoms with Crippen LogP contribution in [0, 0.1) is 24.5 Å². The number of hydrogen-bond donors (Lipinski definition) is 2. The molecule has 0 saturated heterocycles. The molecule has 6 aromatic rings. The smallest absolute Gasteiger partial charge is 0.293 e. The summed E-state index contributed by atoms with van der Waals surface area (Å²) in [5, 5.41) is 15.3. The van der Waals surface area contributed by atoms with Gasteiger partial charge in [-0.3, -0.25) is 23.6 Å². The average Bonchev–Trinajstić information content (AvgIpc) is 3.52. The van der Waals surface area contributed by atoms with Crippen LogP contribution in [0.15, 0.2) is 53.5 Å². The van der Waals surface area contributed by atoms with Crippen molar-refractivity contribution in [3.63, 3.8) is 0 Å². The maximum Gasteiger partial charge on any atom is 0.293 e. The van der Waals surface area contributed by atoms with Crippen LogP contribution in [0.5, 0.6) is 0 Å². The lowest BCUT2D eigenvalue weighted by Gasteiger charge is -2.35. The van der Waals surface area contributed by atoms with Crippen molar-refractivity contribution in [3.8, 4) is 11.4 Å². The molecule has 0 bridgehead atoms. The monoisotopic (exact) mass is 949 g/mol. The number of carbonyl (C=O) groups excluding carboxylic acids is 1. The number of aromatic nitrogens is 7. The number of pyridine rings is 1. The Morgan fingerprint density at radius 1 is 1.03 bits per heavy atom. The lowest BCUT2D eigenvalue weighted by molar-refractivity contribution is -0.122. The standard InChI is InChI=1S/C41H36ClF8N11O3S/c1-18-9-29(61(54-18)17-40(2,47)48)26-7-5-20-15-59(28-8-6-25(42)32-34(28)58(3)56-38(32)57-65(4,63)64)39(53-37(20)52-26)27(12-19-10-21(43)13-22(44)11-19)51-30(62)16-60-35-31(33(55-60)36(45)46)23-14-24(23)41(35,49)50/h5-11,13,23-24,27,36H,12,14-17H2,1-4H3,(H,51,62)(H,56,57)/t23-,24+,27-/m0/s1. The minimum atomic E-state index is -3.89. The molecule has 5 heterocycles. The van der Waals surface area contributed by atoms with Crippen molar-refractivity contribution >= 4 is 61.6 Å². The number of fused-ring (bicyclic) bond motifs is 5. The van der Waals surface area contributed by atoms with Gasteiger partial charge in [0.1, 0.15) is 41.9 Å². The predicted molar refractivity (Wildman–Crippen MR) is 222 cm³/mol. The highest BCUT2D eigenvalue weighted by atomic mass is 35.5. The molecule has 24 heteroatoms. The molecule has 14 nitrogen and oxygen atoms in total. The summed E-state index contributed by atoms with van der Waals surface area (Å²) in [4.78, 5) is 25.4. The average molecular weight is 950 g/mol. The van der Waals surface area contributed by atoms with Crippen LogP contribution in [0.1, 0.15) is 59.5 Å². The lowest BCUT2D eigenvalue weighted by atomic mass is 10.0. The number of benzene rings is 2. The fourth-order valence-electron chi connectivity index (χ4n) is 8.82. The van der Waals surface area contributed by atoms with Gasteiger partial charge in [0.15, 0.2) is 11.6 Å². The highest BCUT2D eigenvalue weighted by Crippen LogP contribution is 2.68. The number of rotatable bonds is 13. The van der Waals surface area contributed by atoms with E-state index in [1.165, 1.54) is 17.8 Å². The second-order valence-electron chi connectivity index (χ2n) is 16.6. The summed E-state index contributed by atoms with van der Waals surface area (Å²) >= 11 is 6.66. The van der Waals surface area contributed by atoms with Gasteiger partial charge in [-0.25, -0.2) is 44.7 Å². The number of nitrogens with zero attached hydrogens (tertiary/aromatic N) is 9. The molecule has 1 aliphatic heterocycles. The second-order valence-corrected chi connectivity index (χ2v) is 18.7. The van der Waals surface area contributed by atoms with Crippen LogP contribution >= 0.6 is 11.6 Å². The highest BCUT2D eigenvalue weighted by molar-refractivity contribution is 7.92. The van der Waals surface area contributed by atoms with E-state index in [2.05, 4.69) is 25.3 Å². The van der Waals surface area contributed by atoms with Crippen molar-refractivity contribution in [2.75, 3.05) is 15.9 Å². The Labute approximate surface area is 369 Å². The Bertz CT molecular complexity index is 3070. The van der Waals surface area contributed by atoms with Crippen LogP contribution in [-0.4, -0.2) is 72.7 Å². The zero-order valence-corrected chi connectivity index (χ0v) is 36.1. The number of amidine groups is 1. The van der Waals surface area contributed by atoms with Crippen molar-refractivity contribution in [1.29, 1.82) is 0 Å². The van der Waals surface area contributed by atoms with E-state index in [0.29, 0.717) is 22.0 Å². The number of sulfonamides is 1. The number of halogens is 9. The first-order chi connectivity index (χ1) is 30.5. The summed E-state index contributed by atoms with van der Waals surface area (Å²) in [6.07, 6.45) is -2.71. The van der Waals surface area contributed by atoms with E-state index >= 15 is 8.78 Å². The summed E-state index contributed by atoms with van der Waals surface area (Å²) in [5.74, 6) is -11.9. The van der Waals surface area contributed by atoms with Crippen molar-refractivity contribution in [1.82, 2.24) is 39.6 Å². The first-order valence-corrected chi connectivity index (χ1v) is 22.2. The molecular weight excluding hydrogens is 914 g/mol. The predicted octanol–water partition coefficient (Wildman–Crippen LogP) is 7.92. The van der Waals surface area contributed by atoms with E-state index in [1.54, 1.807) is 36.1 Å². The summed E-state index contributed by atoms with van der Waals surface area (Å²) in [6.45, 7) is 0.477. The third-order valence-corrected chi connectivity index (χ3v) is 12.2. The van der Waals surface area contributed by atoms with Crippen LogP contribution in [-0.2, 0) is 53.8 Å². The Morgan fingerprint density at radius 3 is 2.43 bits per heavy atom. The van der Waals surface area contributed by atoms with Crippen molar-refractivity contribution in [2.24, 2.45) is 18.0 Å². The van der Waals surface area contributed by atoms with Gasteiger partial charge in [-0.1, -0.05) is 17.7 Å². The SMILES string of the molecule is Cc1cc(-c2ccc3c(n2)N=C([C@H](Cc2cc(F)cc(F)c2)NC(=O)Cn2nc(C(F)F)c4c2C(F)(F)[C@@H]2C[C@H]42)N(c2ccc(Cl)c4c(NS(C)(=O)=O)nn(C)c24)C3)n(CC(C)(F)F)n1. The molecule has 9 rings (SSSR count). The van der Waals surface area contributed by atoms with Crippen molar-refractivity contribution in [3.05, 3.63) is 99.0 Å². The van der Waals surface area contributed by atoms with E-state index < -0.39 is 94.6 Å². The molecule has 65 heavy (non-hydrogen) atoms. The molecule has 2 aliphatic carbocycles. The summed E-state index contributed by atoms with van der Waals surface area (Å²) in [6, 6.07) is 8.96. The van der Waals surface area contributed by atoms with Gasteiger partial charge >= 0.3 is 0 Å². The highest BCUT2D eigenvalue weighted by Gasteiger charge is 2.67. The van der Waals surface area contributed by atoms with Gasteiger partial charge in [-0.05, 0) is 61.2 Å². The third kappa shape index (κ3) is 8.27. The topological polar surface area (TPSA) is 157 Å². The van der Waals surface area contributed by atoms with Crippen molar-refractivity contribution < 1.29 is 48.3 Å². The fourth-order valence-corrected chi connectivity index (χ4v) is 9.55. The van der Waals surface area contributed by atoms with Gasteiger partial charge in [0.2, 0.25) is 15.9 Å². The van der Waals surface area contributed by atoms with Crippen LogP contribution in [0.4, 0.5) is 52.4 Å². The first kappa shape index (κ1) is 44.1. The minimum Gasteiger partial charge on any atom is -0.344 e. The second kappa shape index (κ2) is 15.5. The van der Waals surface area contributed by atoms with Gasteiger partial charge in [0, 0.05) is 43.5 Å². The van der Waals surface area contributed by atoms with Crippen LogP contribution in [0.2, 0.25) is 5.02 Å². The maximum atomic E-state index is 15.6. The molecule has 1 saturated carbocycles. The number of hydrogen-bond acceptors (Lipinski definition) is 9. The molecule has 0 spiro atoms. The molecule has 2 aromatic carbocycles. The summed E-state index contributed by atoms with van der Waals surface area (Å²) in [7, 11) is -2.38. The third-order valence-electron chi connectivity index (χ3n) is 11.3. The molecule has 0 radical (unpaired) electrons. The number of aliphatic imine (C=N–C) groups is 1. The number of carbonyl (C=O) groups is 1.